The predicted molar refractivity (Wildman–Crippen MR) is 100 cm³/mol. The molecule has 0 fully saturated rings. The molecule has 7 nitrogen and oxygen atoms in total. The minimum atomic E-state index is -5.92. The molecule has 0 bridgehead atoms. The number of halogens is 8. The number of hydrogen-bond acceptors (Lipinski definition) is 5. The van der Waals surface area contributed by atoms with E-state index in [1.165, 1.54) is 6.92 Å². The highest BCUT2D eigenvalue weighted by Crippen LogP contribution is 2.43. The van der Waals surface area contributed by atoms with Gasteiger partial charge in [0.25, 0.3) is 0 Å². The van der Waals surface area contributed by atoms with Gasteiger partial charge in [-0.25, -0.2) is 18.1 Å². The van der Waals surface area contributed by atoms with E-state index >= 15 is 0 Å². The van der Waals surface area contributed by atoms with Crippen molar-refractivity contribution < 1.29 is 43.5 Å². The van der Waals surface area contributed by atoms with E-state index in [0.29, 0.717) is 28.9 Å². The predicted octanol–water partition coefficient (Wildman–Crippen LogP) is 4.53. The normalized spacial score (nSPS) is 13.8. The van der Waals surface area contributed by atoms with Crippen molar-refractivity contribution in [2.75, 3.05) is 5.75 Å². The Bertz CT molecular complexity index is 1520. The first-order valence-corrected chi connectivity index (χ1v) is 10.8. The highest BCUT2D eigenvalue weighted by molar-refractivity contribution is 7.91. The molecule has 0 aliphatic carbocycles. The van der Waals surface area contributed by atoms with E-state index in [0.717, 1.165) is 16.9 Å². The van der Waals surface area contributed by atoms with Gasteiger partial charge in [-0.3, -0.25) is 9.38 Å². The second-order valence-corrected chi connectivity index (χ2v) is 9.26. The number of fused-ring (bicyclic) bond motifs is 2. The zero-order valence-corrected chi connectivity index (χ0v) is 17.5. The number of alkyl halides is 8. The maximum atomic E-state index is 13.7. The fourth-order valence-electron chi connectivity index (χ4n) is 3.10. The van der Waals surface area contributed by atoms with Crippen LogP contribution in [0, 0.1) is 0 Å². The fraction of sp³-hybridized carbons (Fsp3) is 0.278. The van der Waals surface area contributed by atoms with Gasteiger partial charge in [0.1, 0.15) is 11.3 Å². The Kier molecular flexibility index (Phi) is 5.15. The molecule has 0 radical (unpaired) electrons. The van der Waals surface area contributed by atoms with Crippen LogP contribution >= 0.6 is 0 Å². The summed E-state index contributed by atoms with van der Waals surface area (Å²) in [6.07, 6.45) is -8.45. The van der Waals surface area contributed by atoms with Gasteiger partial charge >= 0.3 is 18.3 Å². The molecule has 4 aromatic heterocycles. The van der Waals surface area contributed by atoms with Crippen LogP contribution in [0.2, 0.25) is 0 Å². The van der Waals surface area contributed by atoms with Gasteiger partial charge in [-0.05, 0) is 18.2 Å². The summed E-state index contributed by atoms with van der Waals surface area (Å²) in [5.74, 6) is -6.28. The molecule has 182 valence electrons. The molecule has 0 aromatic carbocycles. The molecule has 0 unspecified atom stereocenters. The minimum Gasteiger partial charge on any atom is -0.288 e. The number of nitrogens with zero attached hydrogens (tertiary/aromatic N) is 5. The summed E-state index contributed by atoms with van der Waals surface area (Å²) in [6, 6.07) is 1.99. The number of sulfone groups is 1. The van der Waals surface area contributed by atoms with E-state index in [2.05, 4.69) is 15.1 Å². The Balaban J connectivity index is 1.96. The Morgan fingerprint density at radius 3 is 2.26 bits per heavy atom. The maximum Gasteiger partial charge on any atom is 0.459 e. The summed E-state index contributed by atoms with van der Waals surface area (Å²) >= 11 is 0. The third kappa shape index (κ3) is 3.74. The maximum absolute atomic E-state index is 13.7. The summed E-state index contributed by atoms with van der Waals surface area (Å²) in [7, 11) is -4.22. The third-order valence-electron chi connectivity index (χ3n) is 4.84. The zero-order valence-electron chi connectivity index (χ0n) is 16.7. The molecule has 0 amide bonds. The summed E-state index contributed by atoms with van der Waals surface area (Å²) < 4.78 is 132. The molecule has 34 heavy (non-hydrogen) atoms. The lowest BCUT2D eigenvalue weighted by atomic mass is 10.2. The van der Waals surface area contributed by atoms with Crippen LogP contribution in [0.5, 0.6) is 0 Å². The first kappa shape index (κ1) is 23.8. The molecule has 0 saturated carbocycles. The molecule has 0 saturated heterocycles. The molecular weight excluding hydrogens is 502 g/mol. The van der Waals surface area contributed by atoms with Crippen LogP contribution in [0.4, 0.5) is 35.1 Å². The minimum absolute atomic E-state index is 0.0467. The standard InChI is InChI=1S/C18H11F8N5O2S/c1-2-34(32,33)15-14(28-13-4-3-10(8-30(13)15)17(21,22)23)31-7-9-6-27-12(5-11(9)29-31)16(19,20)18(24,25)26/h3-8H,2H2,1H3. The Morgan fingerprint density at radius 1 is 1.00 bits per heavy atom. The molecule has 0 N–H and O–H groups in total. The second kappa shape index (κ2) is 7.35. The van der Waals surface area contributed by atoms with Crippen LogP contribution in [-0.4, -0.2) is 44.5 Å². The van der Waals surface area contributed by atoms with Crippen LogP contribution in [0.1, 0.15) is 18.2 Å². The van der Waals surface area contributed by atoms with Crippen LogP contribution in [0.3, 0.4) is 0 Å². The van der Waals surface area contributed by atoms with Gasteiger partial charge < -0.3 is 0 Å². The third-order valence-corrected chi connectivity index (χ3v) is 6.57. The van der Waals surface area contributed by atoms with E-state index < -0.39 is 61.5 Å². The van der Waals surface area contributed by atoms with E-state index in [1.807, 2.05) is 0 Å². The summed E-state index contributed by atoms with van der Waals surface area (Å²) in [6.45, 7) is 1.24. The topological polar surface area (TPSA) is 82.1 Å². The number of imidazole rings is 1. The Hall–Kier alpha value is -3.30. The highest BCUT2D eigenvalue weighted by Gasteiger charge is 2.60. The van der Waals surface area contributed by atoms with Crippen molar-refractivity contribution in [2.24, 2.45) is 0 Å². The van der Waals surface area contributed by atoms with Crippen molar-refractivity contribution in [2.45, 2.75) is 30.2 Å². The smallest absolute Gasteiger partial charge is 0.288 e. The van der Waals surface area contributed by atoms with Crippen molar-refractivity contribution in [3.63, 3.8) is 0 Å². The highest BCUT2D eigenvalue weighted by atomic mass is 32.2. The largest absolute Gasteiger partial charge is 0.459 e. The average Bonchev–Trinajstić information content (AvgIpc) is 3.32. The SMILES string of the molecule is CCS(=O)(=O)c1c(-n2cc3cnc(C(F)(F)C(F)(F)F)cc3n2)nc2ccc(C(F)(F)F)cn12. The number of pyridine rings is 2. The van der Waals surface area contributed by atoms with Gasteiger partial charge in [-0.15, -0.1) is 0 Å². The molecule has 4 aromatic rings. The van der Waals surface area contributed by atoms with Crippen molar-refractivity contribution in [3.8, 4) is 5.82 Å². The Morgan fingerprint density at radius 2 is 1.68 bits per heavy atom. The van der Waals surface area contributed by atoms with Crippen molar-refractivity contribution in [3.05, 3.63) is 48.0 Å². The van der Waals surface area contributed by atoms with Gasteiger partial charge in [0.2, 0.25) is 0 Å². The van der Waals surface area contributed by atoms with Crippen molar-refractivity contribution in [1.29, 1.82) is 0 Å². The van der Waals surface area contributed by atoms with E-state index in [9.17, 15) is 43.5 Å². The molecule has 4 rings (SSSR count). The molecule has 0 spiro atoms. The number of hydrogen-bond donors (Lipinski definition) is 0. The van der Waals surface area contributed by atoms with Crippen LogP contribution in [0.15, 0.2) is 41.8 Å². The molecule has 0 aliphatic rings. The van der Waals surface area contributed by atoms with E-state index in [1.54, 1.807) is 0 Å². The molecule has 0 aliphatic heterocycles. The lowest BCUT2D eigenvalue weighted by molar-refractivity contribution is -0.290. The first-order valence-electron chi connectivity index (χ1n) is 9.19. The zero-order chi connectivity index (χ0) is 25.3. The van der Waals surface area contributed by atoms with E-state index in [4.69, 9.17) is 0 Å². The lowest BCUT2D eigenvalue weighted by Gasteiger charge is -2.18. The molecule has 4 heterocycles. The fourth-order valence-corrected chi connectivity index (χ4v) is 4.23. The van der Waals surface area contributed by atoms with Gasteiger partial charge in [-0.1, -0.05) is 6.92 Å². The molecule has 16 heteroatoms. The quantitative estimate of drug-likeness (QED) is 0.375. The van der Waals surface area contributed by atoms with Gasteiger partial charge in [0.15, 0.2) is 20.7 Å². The Labute approximate surface area is 184 Å². The first-order chi connectivity index (χ1) is 15.6. The van der Waals surface area contributed by atoms with Crippen LogP contribution < -0.4 is 0 Å². The van der Waals surface area contributed by atoms with Crippen molar-refractivity contribution >= 4 is 26.4 Å². The summed E-state index contributed by atoms with van der Waals surface area (Å²) in [4.78, 5) is 7.12. The average molecular weight is 513 g/mol. The second-order valence-electron chi connectivity index (χ2n) is 7.06. The van der Waals surface area contributed by atoms with Crippen LogP contribution in [0.25, 0.3) is 22.4 Å². The lowest BCUT2D eigenvalue weighted by Crippen LogP contribution is -2.34. The van der Waals surface area contributed by atoms with Gasteiger partial charge in [0, 0.05) is 24.0 Å². The summed E-state index contributed by atoms with van der Waals surface area (Å²) in [5.41, 5.74) is -3.40. The number of rotatable bonds is 4. The van der Waals surface area contributed by atoms with Crippen LogP contribution in [-0.2, 0) is 21.9 Å². The monoisotopic (exact) mass is 513 g/mol. The summed E-state index contributed by atoms with van der Waals surface area (Å²) in [5, 5.41) is 3.11. The van der Waals surface area contributed by atoms with Crippen molar-refractivity contribution in [1.82, 2.24) is 24.1 Å². The molecule has 0 atom stereocenters. The van der Waals surface area contributed by atoms with Gasteiger partial charge in [0.05, 0.1) is 16.8 Å². The molecular formula is C18H11F8N5O2S. The van der Waals surface area contributed by atoms with Gasteiger partial charge in [-0.2, -0.15) is 40.2 Å². The number of aromatic nitrogens is 5. The van der Waals surface area contributed by atoms with E-state index in [-0.39, 0.29) is 11.0 Å².